The van der Waals surface area contributed by atoms with Gasteiger partial charge < -0.3 is 10.2 Å². The van der Waals surface area contributed by atoms with Crippen molar-refractivity contribution in [3.05, 3.63) is 81.8 Å². The quantitative estimate of drug-likeness (QED) is 0.498. The highest BCUT2D eigenvalue weighted by atomic mass is 35.5. The van der Waals surface area contributed by atoms with E-state index in [0.29, 0.717) is 15.6 Å². The number of thiophene rings is 1. The molecule has 2 aromatic heterocycles. The van der Waals surface area contributed by atoms with Crippen LogP contribution in [0.2, 0.25) is 5.02 Å². The molecule has 0 aliphatic rings. The number of nitrogens with one attached hydrogen (secondary N) is 1. The summed E-state index contributed by atoms with van der Waals surface area (Å²) >= 11 is 7.21. The zero-order chi connectivity index (χ0) is 21.3. The molecule has 0 aliphatic carbocycles. The molecule has 0 radical (unpaired) electrons. The van der Waals surface area contributed by atoms with E-state index in [1.807, 2.05) is 11.4 Å². The third kappa shape index (κ3) is 6.50. The Kier molecular flexibility index (Phi) is 7.70. The number of hydrogen-bond acceptors (Lipinski definition) is 5. The number of nitrogens with zero attached hydrogens (tertiary/aromatic N) is 2. The predicted molar refractivity (Wildman–Crippen MR) is 118 cm³/mol. The van der Waals surface area contributed by atoms with Crippen LogP contribution >= 0.6 is 22.9 Å². The second-order valence-electron chi connectivity index (χ2n) is 6.57. The largest absolute Gasteiger partial charge is 0.329 e. The van der Waals surface area contributed by atoms with E-state index in [1.54, 1.807) is 54.9 Å². The van der Waals surface area contributed by atoms with Gasteiger partial charge in [-0.15, -0.1) is 11.3 Å². The molecule has 0 saturated heterocycles. The number of ketones is 1. The van der Waals surface area contributed by atoms with Crippen LogP contribution < -0.4 is 5.32 Å². The van der Waals surface area contributed by atoms with Crippen molar-refractivity contribution < 1.29 is 14.4 Å². The van der Waals surface area contributed by atoms with Gasteiger partial charge in [-0.1, -0.05) is 23.7 Å². The summed E-state index contributed by atoms with van der Waals surface area (Å²) in [7, 11) is 0. The van der Waals surface area contributed by atoms with Crippen LogP contribution in [0.15, 0.2) is 66.3 Å². The first-order chi connectivity index (χ1) is 14.5. The van der Waals surface area contributed by atoms with Crippen LogP contribution in [-0.2, 0) is 16.1 Å². The summed E-state index contributed by atoms with van der Waals surface area (Å²) in [6.07, 6.45) is 3.42. The number of rotatable bonds is 9. The Hall–Kier alpha value is -3.03. The van der Waals surface area contributed by atoms with E-state index in [2.05, 4.69) is 10.3 Å². The summed E-state index contributed by atoms with van der Waals surface area (Å²) in [6.45, 7) is 0.0947. The number of aromatic nitrogens is 1. The maximum Gasteiger partial charge on any atom is 0.244 e. The van der Waals surface area contributed by atoms with Crippen molar-refractivity contribution in [1.29, 1.82) is 0 Å². The van der Waals surface area contributed by atoms with E-state index in [1.165, 1.54) is 16.2 Å². The number of pyridine rings is 1. The first-order valence-electron chi connectivity index (χ1n) is 9.30. The molecule has 0 bridgehead atoms. The van der Waals surface area contributed by atoms with Gasteiger partial charge >= 0.3 is 0 Å². The SMILES string of the molecule is O=C(CN(Cc1cccnc1)C(=O)CCC(=O)c1cccs1)Nc1ccc(Cl)cc1. The number of benzene rings is 1. The van der Waals surface area contributed by atoms with Crippen molar-refractivity contribution >= 4 is 46.2 Å². The Balaban J connectivity index is 1.64. The zero-order valence-corrected chi connectivity index (χ0v) is 17.7. The van der Waals surface area contributed by atoms with Gasteiger partial charge in [0.15, 0.2) is 5.78 Å². The molecule has 154 valence electrons. The fourth-order valence-corrected chi connectivity index (χ4v) is 3.61. The molecule has 0 spiro atoms. The molecule has 0 unspecified atom stereocenters. The number of halogens is 1. The summed E-state index contributed by atoms with van der Waals surface area (Å²) in [5.74, 6) is -0.681. The second kappa shape index (κ2) is 10.7. The number of anilines is 1. The predicted octanol–water partition coefficient (Wildman–Crippen LogP) is 4.43. The fourth-order valence-electron chi connectivity index (χ4n) is 2.79. The maximum atomic E-state index is 12.8. The minimum Gasteiger partial charge on any atom is -0.329 e. The smallest absolute Gasteiger partial charge is 0.244 e. The van der Waals surface area contributed by atoms with Gasteiger partial charge in [-0.2, -0.15) is 0 Å². The van der Waals surface area contributed by atoms with Crippen molar-refractivity contribution in [3.63, 3.8) is 0 Å². The van der Waals surface area contributed by atoms with Gasteiger partial charge in [0.1, 0.15) is 6.54 Å². The minimum atomic E-state index is -0.334. The number of hydrogen-bond donors (Lipinski definition) is 1. The number of carbonyl (C=O) groups excluding carboxylic acids is 3. The van der Waals surface area contributed by atoms with Gasteiger partial charge in [-0.3, -0.25) is 19.4 Å². The van der Waals surface area contributed by atoms with Crippen LogP contribution in [0.25, 0.3) is 0 Å². The van der Waals surface area contributed by atoms with Crippen LogP contribution in [0, 0.1) is 0 Å². The Labute approximate surface area is 183 Å². The lowest BCUT2D eigenvalue weighted by Gasteiger charge is -2.22. The molecule has 0 atom stereocenters. The van der Waals surface area contributed by atoms with Crippen LogP contribution in [0.5, 0.6) is 0 Å². The lowest BCUT2D eigenvalue weighted by molar-refractivity contribution is -0.135. The first kappa shape index (κ1) is 21.7. The van der Waals surface area contributed by atoms with Crippen LogP contribution in [0.3, 0.4) is 0 Å². The molecule has 0 saturated carbocycles. The van der Waals surface area contributed by atoms with E-state index in [9.17, 15) is 14.4 Å². The van der Waals surface area contributed by atoms with E-state index in [-0.39, 0.29) is 43.5 Å². The van der Waals surface area contributed by atoms with Crippen LogP contribution in [0.1, 0.15) is 28.1 Å². The van der Waals surface area contributed by atoms with Gasteiger partial charge in [0.2, 0.25) is 11.8 Å². The van der Waals surface area contributed by atoms with Gasteiger partial charge in [-0.05, 0) is 47.3 Å². The molecule has 6 nitrogen and oxygen atoms in total. The Morgan fingerprint density at radius 2 is 1.83 bits per heavy atom. The van der Waals surface area contributed by atoms with E-state index in [4.69, 9.17) is 11.6 Å². The Morgan fingerprint density at radius 1 is 1.03 bits per heavy atom. The standard InChI is InChI=1S/C22H20ClN3O3S/c23-17-5-7-18(8-6-17)25-21(28)15-26(14-16-3-1-11-24-13-16)22(29)10-9-19(27)20-4-2-12-30-20/h1-8,11-13H,9-10,14-15H2,(H,25,28). The summed E-state index contributed by atoms with van der Waals surface area (Å²) in [5, 5.41) is 5.15. The van der Waals surface area contributed by atoms with Crippen molar-refractivity contribution in [2.24, 2.45) is 0 Å². The third-order valence-electron chi connectivity index (χ3n) is 4.27. The average molecular weight is 442 g/mol. The van der Waals surface area contributed by atoms with Crippen molar-refractivity contribution in [2.45, 2.75) is 19.4 Å². The highest BCUT2D eigenvalue weighted by Crippen LogP contribution is 2.15. The molecule has 2 heterocycles. The summed E-state index contributed by atoms with van der Waals surface area (Å²) in [4.78, 5) is 43.7. The van der Waals surface area contributed by atoms with E-state index >= 15 is 0 Å². The molecule has 2 amide bonds. The number of amides is 2. The van der Waals surface area contributed by atoms with Crippen molar-refractivity contribution in [2.75, 3.05) is 11.9 Å². The third-order valence-corrected chi connectivity index (χ3v) is 5.44. The second-order valence-corrected chi connectivity index (χ2v) is 7.95. The topological polar surface area (TPSA) is 79.4 Å². The van der Waals surface area contributed by atoms with Crippen LogP contribution in [-0.4, -0.2) is 34.0 Å². The molecule has 1 aromatic carbocycles. The van der Waals surface area contributed by atoms with Gasteiger partial charge in [-0.25, -0.2) is 0 Å². The van der Waals surface area contributed by atoms with Crippen LogP contribution in [0.4, 0.5) is 5.69 Å². The normalized spacial score (nSPS) is 10.4. The Morgan fingerprint density at radius 3 is 2.50 bits per heavy atom. The van der Waals surface area contributed by atoms with Crippen molar-refractivity contribution in [1.82, 2.24) is 9.88 Å². The molecule has 3 aromatic rings. The molecule has 1 N–H and O–H groups in total. The molecule has 8 heteroatoms. The Bertz CT molecular complexity index is 992. The average Bonchev–Trinajstić information content (AvgIpc) is 3.29. The molecular formula is C22H20ClN3O3S. The minimum absolute atomic E-state index is 0.0330. The highest BCUT2D eigenvalue weighted by molar-refractivity contribution is 7.12. The summed E-state index contributed by atoms with van der Waals surface area (Å²) in [6, 6.07) is 13.9. The summed E-state index contributed by atoms with van der Waals surface area (Å²) < 4.78 is 0. The highest BCUT2D eigenvalue weighted by Gasteiger charge is 2.19. The molecular weight excluding hydrogens is 422 g/mol. The first-order valence-corrected chi connectivity index (χ1v) is 10.6. The molecule has 30 heavy (non-hydrogen) atoms. The zero-order valence-electron chi connectivity index (χ0n) is 16.1. The van der Waals surface area contributed by atoms with Gasteiger partial charge in [0.05, 0.1) is 4.88 Å². The lowest BCUT2D eigenvalue weighted by atomic mass is 10.1. The van der Waals surface area contributed by atoms with Gasteiger partial charge in [0, 0.05) is 42.5 Å². The monoisotopic (exact) mass is 441 g/mol. The number of carbonyl (C=O) groups is 3. The van der Waals surface area contributed by atoms with Gasteiger partial charge in [0.25, 0.3) is 0 Å². The van der Waals surface area contributed by atoms with E-state index < -0.39 is 0 Å². The lowest BCUT2D eigenvalue weighted by Crippen LogP contribution is -2.37. The summed E-state index contributed by atoms with van der Waals surface area (Å²) in [5.41, 5.74) is 1.39. The maximum absolute atomic E-state index is 12.8. The molecule has 0 fully saturated rings. The van der Waals surface area contributed by atoms with E-state index in [0.717, 1.165) is 5.56 Å². The molecule has 3 rings (SSSR count). The number of Topliss-reactive ketones (excluding diaryl/α,β-unsaturated/α-hetero) is 1. The molecule has 0 aliphatic heterocycles. The van der Waals surface area contributed by atoms with Crippen molar-refractivity contribution in [3.8, 4) is 0 Å². The fraction of sp³-hybridized carbons (Fsp3) is 0.182.